The molecule has 1 saturated heterocycles. The van der Waals surface area contributed by atoms with Crippen LogP contribution in [0.1, 0.15) is 37.4 Å². The molecule has 0 radical (unpaired) electrons. The van der Waals surface area contributed by atoms with E-state index in [4.69, 9.17) is 14.6 Å². The first kappa shape index (κ1) is 18.5. The number of rotatable bonds is 4. The van der Waals surface area contributed by atoms with E-state index in [1.54, 1.807) is 12.0 Å². The summed E-state index contributed by atoms with van der Waals surface area (Å²) in [6.45, 7) is 1.53. The Bertz CT molecular complexity index is 643. The highest BCUT2D eigenvalue weighted by Crippen LogP contribution is 2.27. The number of urea groups is 1. The normalized spacial score (nSPS) is 26.2. The highest BCUT2D eigenvalue weighted by Gasteiger charge is 2.30. The van der Waals surface area contributed by atoms with Crippen LogP contribution < -0.4 is 10.1 Å². The monoisotopic (exact) mass is 362 g/mol. The van der Waals surface area contributed by atoms with Crippen LogP contribution in [0.15, 0.2) is 24.3 Å². The summed E-state index contributed by atoms with van der Waals surface area (Å²) in [5, 5.41) is 12.1. The molecule has 2 N–H and O–H groups in total. The number of ether oxygens (including phenoxy) is 2. The number of carboxylic acids is 1. The fourth-order valence-corrected chi connectivity index (χ4v) is 3.63. The van der Waals surface area contributed by atoms with Crippen LogP contribution in [0, 0.1) is 5.92 Å². The van der Waals surface area contributed by atoms with Crippen LogP contribution in [-0.2, 0) is 9.53 Å². The van der Waals surface area contributed by atoms with E-state index in [0.29, 0.717) is 45.4 Å². The van der Waals surface area contributed by atoms with Crippen molar-refractivity contribution in [2.24, 2.45) is 5.92 Å². The maximum atomic E-state index is 12.6. The van der Waals surface area contributed by atoms with Crippen molar-refractivity contribution in [2.45, 2.75) is 37.8 Å². The molecule has 1 unspecified atom stereocenters. The van der Waals surface area contributed by atoms with E-state index in [1.807, 2.05) is 24.3 Å². The molecule has 1 aliphatic carbocycles. The predicted molar refractivity (Wildman–Crippen MR) is 95.2 cm³/mol. The molecule has 7 heteroatoms. The van der Waals surface area contributed by atoms with Gasteiger partial charge in [0, 0.05) is 12.6 Å². The number of nitrogens with one attached hydrogen (secondary N) is 1. The van der Waals surface area contributed by atoms with Crippen molar-refractivity contribution in [2.75, 3.05) is 26.8 Å². The first-order valence-corrected chi connectivity index (χ1v) is 9.10. The number of benzene rings is 1. The second-order valence-corrected chi connectivity index (χ2v) is 6.92. The van der Waals surface area contributed by atoms with Crippen LogP contribution in [0.3, 0.4) is 0 Å². The number of carbonyl (C=O) groups excluding carboxylic acids is 1. The molecule has 2 amide bonds. The lowest BCUT2D eigenvalue weighted by atomic mass is 9.86. The zero-order valence-electron chi connectivity index (χ0n) is 15.0. The largest absolute Gasteiger partial charge is 0.497 e. The zero-order chi connectivity index (χ0) is 18.5. The lowest BCUT2D eigenvalue weighted by Crippen LogP contribution is -2.50. The predicted octanol–water partition coefficient (Wildman–Crippen LogP) is 2.42. The standard InChI is InChI=1S/C19H26N2O5/c1-25-16-4-2-3-14(11-16)17-12-21(9-10-26-17)19(24)20-15-7-5-13(6-8-15)18(22)23/h2-4,11,13,15,17H,5-10,12H2,1H3,(H,20,24)(H,22,23). The molecule has 1 aromatic carbocycles. The van der Waals surface area contributed by atoms with Crippen molar-refractivity contribution in [3.05, 3.63) is 29.8 Å². The van der Waals surface area contributed by atoms with E-state index in [1.165, 1.54) is 0 Å². The fourth-order valence-electron chi connectivity index (χ4n) is 3.63. The van der Waals surface area contributed by atoms with Gasteiger partial charge in [-0.3, -0.25) is 4.79 Å². The van der Waals surface area contributed by atoms with Gasteiger partial charge in [-0.05, 0) is 43.4 Å². The van der Waals surface area contributed by atoms with Crippen LogP contribution in [0.5, 0.6) is 5.75 Å². The van der Waals surface area contributed by atoms with Crippen LogP contribution in [-0.4, -0.2) is 54.9 Å². The number of amides is 2. The Kier molecular flexibility index (Phi) is 5.98. The van der Waals surface area contributed by atoms with Crippen molar-refractivity contribution < 1.29 is 24.2 Å². The summed E-state index contributed by atoms with van der Waals surface area (Å²) >= 11 is 0. The lowest BCUT2D eigenvalue weighted by Gasteiger charge is -2.35. The van der Waals surface area contributed by atoms with Crippen molar-refractivity contribution in [1.82, 2.24) is 10.2 Å². The molecular formula is C19H26N2O5. The Labute approximate surface area is 153 Å². The van der Waals surface area contributed by atoms with E-state index in [-0.39, 0.29) is 24.1 Å². The smallest absolute Gasteiger partial charge is 0.317 e. The van der Waals surface area contributed by atoms with Crippen LogP contribution >= 0.6 is 0 Å². The van der Waals surface area contributed by atoms with Crippen LogP contribution in [0.25, 0.3) is 0 Å². The molecule has 1 saturated carbocycles. The maximum Gasteiger partial charge on any atom is 0.317 e. The molecule has 1 atom stereocenters. The number of nitrogens with zero attached hydrogens (tertiary/aromatic N) is 1. The second kappa shape index (κ2) is 8.40. The van der Waals surface area contributed by atoms with E-state index >= 15 is 0 Å². The summed E-state index contributed by atoms with van der Waals surface area (Å²) < 4.78 is 11.1. The van der Waals surface area contributed by atoms with E-state index in [0.717, 1.165) is 11.3 Å². The van der Waals surface area contributed by atoms with Crippen molar-refractivity contribution >= 4 is 12.0 Å². The number of morpholine rings is 1. The first-order valence-electron chi connectivity index (χ1n) is 9.10. The van der Waals surface area contributed by atoms with Gasteiger partial charge in [0.05, 0.1) is 26.2 Å². The fraction of sp³-hybridized carbons (Fsp3) is 0.579. The summed E-state index contributed by atoms with van der Waals surface area (Å²) in [6, 6.07) is 7.65. The van der Waals surface area contributed by atoms with Gasteiger partial charge >= 0.3 is 12.0 Å². The quantitative estimate of drug-likeness (QED) is 0.859. The number of carboxylic acid groups (broad SMARTS) is 1. The molecule has 2 fully saturated rings. The molecule has 0 aromatic heterocycles. The number of hydrogen-bond acceptors (Lipinski definition) is 4. The summed E-state index contributed by atoms with van der Waals surface area (Å²) in [5.74, 6) is -0.240. The SMILES string of the molecule is COc1cccc(C2CN(C(=O)NC3CCC(C(=O)O)CC3)CCO2)c1. The molecule has 26 heavy (non-hydrogen) atoms. The number of methoxy groups -OCH3 is 1. The number of carbonyl (C=O) groups is 2. The molecule has 0 bridgehead atoms. The zero-order valence-corrected chi connectivity index (χ0v) is 15.0. The highest BCUT2D eigenvalue weighted by atomic mass is 16.5. The van der Waals surface area contributed by atoms with Crippen molar-refractivity contribution in [3.8, 4) is 5.75 Å². The van der Waals surface area contributed by atoms with Gasteiger partial charge in [0.25, 0.3) is 0 Å². The van der Waals surface area contributed by atoms with Gasteiger partial charge < -0.3 is 24.8 Å². The second-order valence-electron chi connectivity index (χ2n) is 6.92. The third kappa shape index (κ3) is 4.46. The molecule has 0 spiro atoms. The third-order valence-corrected chi connectivity index (χ3v) is 5.22. The Balaban J connectivity index is 1.54. The van der Waals surface area contributed by atoms with Gasteiger partial charge in [-0.15, -0.1) is 0 Å². The van der Waals surface area contributed by atoms with Gasteiger partial charge in [0.15, 0.2) is 0 Å². The molecule has 1 aromatic rings. The lowest BCUT2D eigenvalue weighted by molar-refractivity contribution is -0.142. The molecule has 7 nitrogen and oxygen atoms in total. The first-order chi connectivity index (χ1) is 12.6. The van der Waals surface area contributed by atoms with Crippen LogP contribution in [0.4, 0.5) is 4.79 Å². The van der Waals surface area contributed by atoms with Gasteiger partial charge in [-0.1, -0.05) is 12.1 Å². The summed E-state index contributed by atoms with van der Waals surface area (Å²) in [4.78, 5) is 25.4. The molecule has 3 rings (SSSR count). The Morgan fingerprint density at radius 2 is 2.04 bits per heavy atom. The molecule has 142 valence electrons. The Morgan fingerprint density at radius 1 is 1.27 bits per heavy atom. The molecule has 1 heterocycles. The Morgan fingerprint density at radius 3 is 2.73 bits per heavy atom. The summed E-state index contributed by atoms with van der Waals surface area (Å²) in [7, 11) is 1.62. The number of aliphatic carboxylic acids is 1. The van der Waals surface area contributed by atoms with E-state index in [9.17, 15) is 9.59 Å². The van der Waals surface area contributed by atoms with Crippen LogP contribution in [0.2, 0.25) is 0 Å². The number of hydrogen-bond donors (Lipinski definition) is 2. The molecule has 2 aliphatic rings. The van der Waals surface area contributed by atoms with Gasteiger partial charge in [-0.25, -0.2) is 4.79 Å². The minimum atomic E-state index is -0.732. The van der Waals surface area contributed by atoms with Crippen molar-refractivity contribution in [3.63, 3.8) is 0 Å². The molecular weight excluding hydrogens is 336 g/mol. The summed E-state index contributed by atoms with van der Waals surface area (Å²) in [6.07, 6.45) is 2.50. The summed E-state index contributed by atoms with van der Waals surface area (Å²) in [5.41, 5.74) is 0.990. The van der Waals surface area contributed by atoms with Crippen molar-refractivity contribution in [1.29, 1.82) is 0 Å². The topological polar surface area (TPSA) is 88.1 Å². The third-order valence-electron chi connectivity index (χ3n) is 5.22. The average Bonchev–Trinajstić information content (AvgIpc) is 2.68. The maximum absolute atomic E-state index is 12.6. The average molecular weight is 362 g/mol. The van der Waals surface area contributed by atoms with Gasteiger partial charge in [0.1, 0.15) is 11.9 Å². The minimum absolute atomic E-state index is 0.0521. The Hall–Kier alpha value is -2.28. The van der Waals surface area contributed by atoms with Gasteiger partial charge in [0.2, 0.25) is 0 Å². The molecule has 1 aliphatic heterocycles. The minimum Gasteiger partial charge on any atom is -0.497 e. The highest BCUT2D eigenvalue weighted by molar-refractivity contribution is 5.75. The van der Waals surface area contributed by atoms with Gasteiger partial charge in [-0.2, -0.15) is 0 Å². The van der Waals surface area contributed by atoms with E-state index in [2.05, 4.69) is 5.32 Å². The van der Waals surface area contributed by atoms with E-state index < -0.39 is 5.97 Å².